The third-order valence-corrected chi connectivity index (χ3v) is 7.84. The van der Waals surface area contributed by atoms with E-state index in [1.54, 1.807) is 4.90 Å². The lowest BCUT2D eigenvalue weighted by molar-refractivity contribution is -0.137. The number of rotatable bonds is 4. The van der Waals surface area contributed by atoms with E-state index in [1.165, 1.54) is 21.6 Å². The van der Waals surface area contributed by atoms with Gasteiger partial charge in [0.15, 0.2) is 0 Å². The van der Waals surface area contributed by atoms with Gasteiger partial charge in [-0.15, -0.1) is 22.9 Å². The maximum atomic E-state index is 13.6. The van der Waals surface area contributed by atoms with Crippen LogP contribution in [0.25, 0.3) is 0 Å². The first-order chi connectivity index (χ1) is 15.0. The zero-order chi connectivity index (χ0) is 22.0. The predicted molar refractivity (Wildman–Crippen MR) is 126 cm³/mol. The van der Waals surface area contributed by atoms with Crippen molar-refractivity contribution in [2.45, 2.75) is 38.8 Å². The van der Waals surface area contributed by atoms with Gasteiger partial charge >= 0.3 is 0 Å². The number of thiophene rings is 1. The molecule has 5 nitrogen and oxygen atoms in total. The van der Waals surface area contributed by atoms with Gasteiger partial charge in [-0.3, -0.25) is 14.5 Å². The second-order valence-electron chi connectivity index (χ2n) is 8.42. The van der Waals surface area contributed by atoms with Crippen LogP contribution in [0.3, 0.4) is 0 Å². The summed E-state index contributed by atoms with van der Waals surface area (Å²) >= 11 is 7.55. The summed E-state index contributed by atoms with van der Waals surface area (Å²) in [6, 6.07) is 10.6. The molecule has 0 radical (unpaired) electrons. The van der Waals surface area contributed by atoms with E-state index in [9.17, 15) is 9.59 Å². The van der Waals surface area contributed by atoms with Crippen LogP contribution in [0.1, 0.15) is 41.0 Å². The molecule has 1 aromatic carbocycles. The van der Waals surface area contributed by atoms with Gasteiger partial charge < -0.3 is 9.80 Å². The largest absolute Gasteiger partial charge is 0.340 e. The van der Waals surface area contributed by atoms with Crippen molar-refractivity contribution in [3.63, 3.8) is 0 Å². The van der Waals surface area contributed by atoms with Crippen molar-refractivity contribution < 1.29 is 9.59 Å². The number of alkyl halides is 1. The summed E-state index contributed by atoms with van der Waals surface area (Å²) in [7, 11) is 0. The molecular formula is C24H30ClN3O2S. The van der Waals surface area contributed by atoms with Gasteiger partial charge in [-0.1, -0.05) is 24.3 Å². The summed E-state index contributed by atoms with van der Waals surface area (Å²) in [5.74, 6) is 0.0984. The van der Waals surface area contributed by atoms with Crippen LogP contribution in [0, 0.1) is 6.92 Å². The molecule has 0 aliphatic carbocycles. The predicted octanol–water partition coefficient (Wildman–Crippen LogP) is 3.69. The zero-order valence-corrected chi connectivity index (χ0v) is 19.8. The average molecular weight is 460 g/mol. The summed E-state index contributed by atoms with van der Waals surface area (Å²) in [6.07, 6.45) is 1.77. The molecule has 0 N–H and O–H groups in total. The number of amides is 2. The van der Waals surface area contributed by atoms with E-state index in [0.29, 0.717) is 26.2 Å². The van der Waals surface area contributed by atoms with E-state index in [0.717, 1.165) is 19.4 Å². The Morgan fingerprint density at radius 1 is 1.06 bits per heavy atom. The van der Waals surface area contributed by atoms with Crippen molar-refractivity contribution in [3.8, 4) is 0 Å². The first-order valence-electron chi connectivity index (χ1n) is 11.0. The fourth-order valence-electron chi connectivity index (χ4n) is 4.87. The summed E-state index contributed by atoms with van der Waals surface area (Å²) < 4.78 is 0. The van der Waals surface area contributed by atoms with Gasteiger partial charge in [0, 0.05) is 37.6 Å². The van der Waals surface area contributed by atoms with Crippen LogP contribution in [0.5, 0.6) is 0 Å². The fraction of sp³-hybridized carbons (Fsp3) is 0.500. The molecule has 4 rings (SSSR count). The number of carbonyl (C=O) groups excluding carboxylic acids is 2. The van der Waals surface area contributed by atoms with Gasteiger partial charge in [0.25, 0.3) is 0 Å². The second-order valence-corrected chi connectivity index (χ2v) is 9.68. The lowest BCUT2D eigenvalue weighted by Gasteiger charge is -2.41. The van der Waals surface area contributed by atoms with Crippen LogP contribution < -0.4 is 0 Å². The molecule has 2 unspecified atom stereocenters. The van der Waals surface area contributed by atoms with Crippen molar-refractivity contribution in [3.05, 3.63) is 57.3 Å². The molecule has 2 aromatic rings. The number of hydrogen-bond acceptors (Lipinski definition) is 4. The number of fused-ring (bicyclic) bond motifs is 1. The number of aryl methyl sites for hydroxylation is 1. The lowest BCUT2D eigenvalue weighted by Crippen LogP contribution is -2.51. The molecule has 1 saturated heterocycles. The van der Waals surface area contributed by atoms with Crippen molar-refractivity contribution in [2.75, 3.05) is 38.6 Å². The Morgan fingerprint density at radius 3 is 2.58 bits per heavy atom. The van der Waals surface area contributed by atoms with E-state index < -0.39 is 0 Å². The SMILES string of the molecule is Cc1ccccc1C1c2ccsc2CCN1C(C)C(=O)N1CCCN(C(=O)CCl)CC1. The molecule has 2 atom stereocenters. The molecule has 166 valence electrons. The number of carbonyl (C=O) groups is 2. The molecule has 0 saturated carbocycles. The molecule has 7 heteroatoms. The minimum absolute atomic E-state index is 0.000786. The lowest BCUT2D eigenvalue weighted by atomic mass is 9.89. The Bertz CT molecular complexity index is 946. The highest BCUT2D eigenvalue weighted by molar-refractivity contribution is 7.10. The number of hydrogen-bond donors (Lipinski definition) is 0. The van der Waals surface area contributed by atoms with Crippen LogP contribution in [-0.2, 0) is 16.0 Å². The number of benzene rings is 1. The van der Waals surface area contributed by atoms with Crippen LogP contribution in [-0.4, -0.2) is 71.2 Å². The minimum atomic E-state index is -0.229. The van der Waals surface area contributed by atoms with Gasteiger partial charge in [0.2, 0.25) is 11.8 Å². The first kappa shape index (κ1) is 22.3. The second kappa shape index (κ2) is 9.72. The van der Waals surface area contributed by atoms with Crippen molar-refractivity contribution in [1.29, 1.82) is 0 Å². The summed E-state index contributed by atoms with van der Waals surface area (Å²) in [5.41, 5.74) is 3.86. The molecule has 0 bridgehead atoms. The monoisotopic (exact) mass is 459 g/mol. The Balaban J connectivity index is 1.56. The van der Waals surface area contributed by atoms with Crippen LogP contribution in [0.4, 0.5) is 0 Å². The summed E-state index contributed by atoms with van der Waals surface area (Å²) in [6.45, 7) is 7.53. The van der Waals surface area contributed by atoms with Gasteiger partial charge in [-0.2, -0.15) is 0 Å². The van der Waals surface area contributed by atoms with Gasteiger partial charge in [-0.05, 0) is 54.8 Å². The minimum Gasteiger partial charge on any atom is -0.340 e. The molecule has 3 heterocycles. The molecule has 2 aliphatic rings. The molecule has 1 fully saturated rings. The molecule has 2 aliphatic heterocycles. The topological polar surface area (TPSA) is 43.9 Å². The highest BCUT2D eigenvalue weighted by Gasteiger charge is 2.37. The third-order valence-electron chi connectivity index (χ3n) is 6.62. The molecular weight excluding hydrogens is 430 g/mol. The normalized spacial score (nSPS) is 20.8. The molecule has 31 heavy (non-hydrogen) atoms. The van der Waals surface area contributed by atoms with E-state index in [4.69, 9.17) is 11.6 Å². The molecule has 0 spiro atoms. The van der Waals surface area contributed by atoms with Crippen molar-refractivity contribution in [1.82, 2.24) is 14.7 Å². The Labute approximate surface area is 193 Å². The smallest absolute Gasteiger partial charge is 0.239 e. The molecule has 2 amide bonds. The van der Waals surface area contributed by atoms with Gasteiger partial charge in [0.1, 0.15) is 5.88 Å². The van der Waals surface area contributed by atoms with Gasteiger partial charge in [-0.25, -0.2) is 0 Å². The van der Waals surface area contributed by atoms with Crippen molar-refractivity contribution in [2.24, 2.45) is 0 Å². The summed E-state index contributed by atoms with van der Waals surface area (Å²) in [5, 5.41) is 2.17. The highest BCUT2D eigenvalue weighted by Crippen LogP contribution is 2.40. The van der Waals surface area contributed by atoms with Crippen LogP contribution >= 0.6 is 22.9 Å². The standard InChI is InChI=1S/C24H30ClN3O2S/c1-17-6-3-4-7-19(17)23-20-9-15-31-21(20)8-12-28(23)18(2)24(30)27-11-5-10-26(13-14-27)22(29)16-25/h3-4,6-7,9,15,18,23H,5,8,10-14,16H2,1-2H3. The Morgan fingerprint density at radius 2 is 1.81 bits per heavy atom. The third kappa shape index (κ3) is 4.52. The summed E-state index contributed by atoms with van der Waals surface area (Å²) in [4.78, 5) is 33.1. The van der Waals surface area contributed by atoms with E-state index in [1.807, 2.05) is 23.2 Å². The van der Waals surface area contributed by atoms with E-state index in [-0.39, 0.29) is 29.8 Å². The fourth-order valence-corrected chi connectivity index (χ4v) is 5.94. The number of halogens is 1. The Hall–Kier alpha value is -1.89. The maximum Gasteiger partial charge on any atom is 0.239 e. The van der Waals surface area contributed by atoms with E-state index in [2.05, 4.69) is 47.5 Å². The van der Waals surface area contributed by atoms with Crippen LogP contribution in [0.15, 0.2) is 35.7 Å². The average Bonchev–Trinajstić information content (AvgIpc) is 3.13. The van der Waals surface area contributed by atoms with Crippen LogP contribution in [0.2, 0.25) is 0 Å². The van der Waals surface area contributed by atoms with E-state index >= 15 is 0 Å². The zero-order valence-electron chi connectivity index (χ0n) is 18.2. The maximum absolute atomic E-state index is 13.6. The molecule has 1 aromatic heterocycles. The number of nitrogens with zero attached hydrogens (tertiary/aromatic N) is 3. The quantitative estimate of drug-likeness (QED) is 0.655. The van der Waals surface area contributed by atoms with Gasteiger partial charge in [0.05, 0.1) is 12.1 Å². The first-order valence-corrected chi connectivity index (χ1v) is 12.4. The Kier molecular flexibility index (Phi) is 6.99. The van der Waals surface area contributed by atoms with Crippen molar-refractivity contribution >= 4 is 34.8 Å². The highest BCUT2D eigenvalue weighted by atomic mass is 35.5.